The Bertz CT molecular complexity index is 1070. The highest BCUT2D eigenvalue weighted by Crippen LogP contribution is 2.28. The molecule has 6 nitrogen and oxygen atoms in total. The summed E-state index contributed by atoms with van der Waals surface area (Å²) < 4.78 is 20.6. The van der Waals surface area contributed by atoms with E-state index >= 15 is 0 Å². The van der Waals surface area contributed by atoms with Crippen molar-refractivity contribution in [2.75, 3.05) is 11.1 Å². The van der Waals surface area contributed by atoms with Gasteiger partial charge in [0.25, 0.3) is 5.22 Å². The molecule has 150 valence electrons. The van der Waals surface area contributed by atoms with Gasteiger partial charge in [0.05, 0.1) is 17.0 Å². The van der Waals surface area contributed by atoms with Gasteiger partial charge in [-0.3, -0.25) is 4.79 Å². The van der Waals surface area contributed by atoms with Crippen molar-refractivity contribution in [3.63, 3.8) is 0 Å². The zero-order valence-corrected chi connectivity index (χ0v) is 17.5. The summed E-state index contributed by atoms with van der Waals surface area (Å²) in [6.45, 7) is 7.81. The SMILES string of the molecule is Cc1nc(SCC(=O)Nc2c(C#N)c(C)c(C)n2Cc2ccc(F)cc2)oc1C. The topological polar surface area (TPSA) is 83.9 Å². The molecule has 0 aliphatic rings. The van der Waals surface area contributed by atoms with Crippen LogP contribution < -0.4 is 5.32 Å². The fourth-order valence-electron chi connectivity index (χ4n) is 2.90. The van der Waals surface area contributed by atoms with Gasteiger partial charge in [-0.25, -0.2) is 9.37 Å². The molecule has 0 fully saturated rings. The van der Waals surface area contributed by atoms with Crippen LogP contribution in [0.1, 0.15) is 33.8 Å². The molecular weight excluding hydrogens is 391 g/mol. The summed E-state index contributed by atoms with van der Waals surface area (Å²) in [7, 11) is 0. The highest BCUT2D eigenvalue weighted by atomic mass is 32.2. The summed E-state index contributed by atoms with van der Waals surface area (Å²) >= 11 is 1.20. The van der Waals surface area contributed by atoms with Crippen LogP contribution >= 0.6 is 11.8 Å². The molecule has 0 saturated carbocycles. The van der Waals surface area contributed by atoms with E-state index in [4.69, 9.17) is 4.42 Å². The first-order chi connectivity index (χ1) is 13.8. The van der Waals surface area contributed by atoms with E-state index < -0.39 is 0 Å². The van der Waals surface area contributed by atoms with Crippen molar-refractivity contribution < 1.29 is 13.6 Å². The lowest BCUT2D eigenvalue weighted by Gasteiger charge is -2.13. The summed E-state index contributed by atoms with van der Waals surface area (Å²) in [6.07, 6.45) is 0. The molecule has 3 rings (SSSR count). The molecule has 1 N–H and O–H groups in total. The van der Waals surface area contributed by atoms with Crippen LogP contribution in [0.4, 0.5) is 10.2 Å². The summed E-state index contributed by atoms with van der Waals surface area (Å²) in [5.74, 6) is 0.688. The summed E-state index contributed by atoms with van der Waals surface area (Å²) in [6, 6.07) is 8.33. The average molecular weight is 412 g/mol. The van der Waals surface area contributed by atoms with Gasteiger partial charge in [-0.05, 0) is 51.0 Å². The number of oxazole rings is 1. The highest BCUT2D eigenvalue weighted by molar-refractivity contribution is 7.99. The van der Waals surface area contributed by atoms with Gasteiger partial charge in [0, 0.05) is 12.2 Å². The summed E-state index contributed by atoms with van der Waals surface area (Å²) in [4.78, 5) is 16.8. The van der Waals surface area contributed by atoms with E-state index in [9.17, 15) is 14.4 Å². The van der Waals surface area contributed by atoms with Crippen molar-refractivity contribution in [1.82, 2.24) is 9.55 Å². The van der Waals surface area contributed by atoms with Gasteiger partial charge < -0.3 is 14.3 Å². The minimum atomic E-state index is -0.311. The second-order valence-electron chi connectivity index (χ2n) is 6.72. The number of thioether (sulfide) groups is 1. The normalized spacial score (nSPS) is 10.8. The van der Waals surface area contributed by atoms with Crippen LogP contribution in [0.25, 0.3) is 0 Å². The molecule has 29 heavy (non-hydrogen) atoms. The second-order valence-corrected chi connectivity index (χ2v) is 7.64. The largest absolute Gasteiger partial charge is 0.437 e. The molecule has 0 saturated heterocycles. The second kappa shape index (κ2) is 8.53. The van der Waals surface area contributed by atoms with Gasteiger partial charge in [-0.15, -0.1) is 0 Å². The molecule has 0 radical (unpaired) electrons. The number of nitriles is 1. The number of halogens is 1. The maximum absolute atomic E-state index is 13.2. The lowest BCUT2D eigenvalue weighted by molar-refractivity contribution is -0.113. The minimum absolute atomic E-state index is 0.101. The van der Waals surface area contributed by atoms with Crippen molar-refractivity contribution in [2.24, 2.45) is 0 Å². The average Bonchev–Trinajstić information content (AvgIpc) is 3.12. The van der Waals surface area contributed by atoms with Crippen LogP contribution in [0.3, 0.4) is 0 Å². The molecule has 2 heterocycles. The first-order valence-corrected chi connectivity index (χ1v) is 9.99. The van der Waals surface area contributed by atoms with Crippen molar-refractivity contribution in [1.29, 1.82) is 5.26 Å². The molecule has 1 aromatic carbocycles. The fourth-order valence-corrected chi connectivity index (χ4v) is 3.61. The Balaban J connectivity index is 1.81. The molecule has 2 aromatic heterocycles. The van der Waals surface area contributed by atoms with E-state index in [0.29, 0.717) is 23.1 Å². The molecule has 0 bridgehead atoms. The predicted octanol–water partition coefficient (Wildman–Crippen LogP) is 4.50. The Hall–Kier alpha value is -3.05. The Morgan fingerprint density at radius 2 is 1.97 bits per heavy atom. The van der Waals surface area contributed by atoms with Gasteiger partial charge in [0.1, 0.15) is 23.5 Å². The van der Waals surface area contributed by atoms with E-state index in [1.54, 1.807) is 12.1 Å². The van der Waals surface area contributed by atoms with Gasteiger partial charge in [0.2, 0.25) is 5.91 Å². The van der Waals surface area contributed by atoms with E-state index in [1.807, 2.05) is 32.3 Å². The van der Waals surface area contributed by atoms with E-state index in [0.717, 1.165) is 28.3 Å². The molecule has 0 spiro atoms. The van der Waals surface area contributed by atoms with Crippen LogP contribution in [-0.4, -0.2) is 21.2 Å². The van der Waals surface area contributed by atoms with Crippen molar-refractivity contribution in [3.8, 4) is 6.07 Å². The number of carbonyl (C=O) groups is 1. The Morgan fingerprint density at radius 1 is 1.28 bits per heavy atom. The van der Waals surface area contributed by atoms with Crippen LogP contribution in [0, 0.1) is 44.8 Å². The lowest BCUT2D eigenvalue weighted by Crippen LogP contribution is -2.18. The van der Waals surface area contributed by atoms with Crippen molar-refractivity contribution >= 4 is 23.5 Å². The van der Waals surface area contributed by atoms with E-state index in [-0.39, 0.29) is 17.5 Å². The fraction of sp³-hybridized carbons (Fsp3) is 0.286. The quantitative estimate of drug-likeness (QED) is 0.603. The third-order valence-electron chi connectivity index (χ3n) is 4.79. The molecule has 0 unspecified atom stereocenters. The number of carbonyl (C=O) groups excluding carboxylic acids is 1. The standard InChI is InChI=1S/C21H21FN4O2S/c1-12-14(3)26(10-16-5-7-17(22)8-6-16)20(18(12)9-23)25-19(27)11-29-21-24-13(2)15(4)28-21/h5-8H,10-11H2,1-4H3,(H,25,27). The van der Waals surface area contributed by atoms with Gasteiger partial charge in [-0.2, -0.15) is 5.26 Å². The number of amides is 1. The Kier molecular flexibility index (Phi) is 6.09. The molecular formula is C21H21FN4O2S. The minimum Gasteiger partial charge on any atom is -0.437 e. The number of benzene rings is 1. The smallest absolute Gasteiger partial charge is 0.256 e. The van der Waals surface area contributed by atoms with Crippen LogP contribution in [0.15, 0.2) is 33.9 Å². The van der Waals surface area contributed by atoms with Crippen LogP contribution in [0.2, 0.25) is 0 Å². The Morgan fingerprint density at radius 3 is 2.55 bits per heavy atom. The highest BCUT2D eigenvalue weighted by Gasteiger charge is 2.20. The van der Waals surface area contributed by atoms with Gasteiger partial charge in [0.15, 0.2) is 0 Å². The number of anilines is 1. The number of hydrogen-bond donors (Lipinski definition) is 1. The first kappa shape index (κ1) is 20.7. The number of nitrogens with one attached hydrogen (secondary N) is 1. The zero-order chi connectivity index (χ0) is 21.1. The predicted molar refractivity (Wildman–Crippen MR) is 109 cm³/mol. The zero-order valence-electron chi connectivity index (χ0n) is 16.7. The number of aromatic nitrogens is 2. The van der Waals surface area contributed by atoms with Gasteiger partial charge in [-0.1, -0.05) is 23.9 Å². The maximum atomic E-state index is 13.2. The van der Waals surface area contributed by atoms with Crippen LogP contribution in [0.5, 0.6) is 0 Å². The molecule has 0 atom stereocenters. The van der Waals surface area contributed by atoms with E-state index in [2.05, 4.69) is 16.4 Å². The Labute approximate surface area is 172 Å². The third kappa shape index (κ3) is 4.51. The number of hydrogen-bond acceptors (Lipinski definition) is 5. The number of rotatable bonds is 6. The lowest BCUT2D eigenvalue weighted by atomic mass is 10.2. The summed E-state index contributed by atoms with van der Waals surface area (Å²) in [5.41, 5.74) is 3.75. The van der Waals surface area contributed by atoms with Gasteiger partial charge >= 0.3 is 0 Å². The molecule has 8 heteroatoms. The summed E-state index contributed by atoms with van der Waals surface area (Å²) in [5, 5.41) is 12.9. The molecule has 0 aliphatic heterocycles. The maximum Gasteiger partial charge on any atom is 0.256 e. The van der Waals surface area contributed by atoms with Crippen molar-refractivity contribution in [2.45, 2.75) is 39.5 Å². The molecule has 1 amide bonds. The molecule has 0 aliphatic carbocycles. The third-order valence-corrected chi connectivity index (χ3v) is 5.62. The molecule has 3 aromatic rings. The number of nitrogens with zero attached hydrogens (tertiary/aromatic N) is 3. The van der Waals surface area contributed by atoms with E-state index in [1.165, 1.54) is 23.9 Å². The van der Waals surface area contributed by atoms with Crippen LogP contribution in [-0.2, 0) is 11.3 Å². The number of aryl methyl sites for hydroxylation is 2. The first-order valence-electron chi connectivity index (χ1n) is 9.01. The monoisotopic (exact) mass is 412 g/mol. The van der Waals surface area contributed by atoms with Crippen molar-refractivity contribution in [3.05, 3.63) is 63.9 Å².